The van der Waals surface area contributed by atoms with Gasteiger partial charge in [0.1, 0.15) is 0 Å². The van der Waals surface area contributed by atoms with Gasteiger partial charge < -0.3 is 41.8 Å². The Morgan fingerprint density at radius 2 is 1.61 bits per heavy atom. The van der Waals surface area contributed by atoms with Crippen LogP contribution in [0.1, 0.15) is 26.2 Å². The molecule has 0 heterocycles. The average Bonchev–Trinajstić information content (AvgIpc) is 2.72. The van der Waals surface area contributed by atoms with Gasteiger partial charge in [-0.2, -0.15) is 0 Å². The molecule has 31 heavy (non-hydrogen) atoms. The van der Waals surface area contributed by atoms with Gasteiger partial charge in [-0.25, -0.2) is 4.79 Å². The molecule has 13 heteroatoms. The van der Waals surface area contributed by atoms with Gasteiger partial charge in [-0.3, -0.25) is 14.4 Å². The molecular weight excluding hydrogens is 428 g/mol. The number of nitrogens with one attached hydrogen (secondary N) is 5. The first-order chi connectivity index (χ1) is 14.8. The van der Waals surface area contributed by atoms with Gasteiger partial charge in [0, 0.05) is 26.6 Å². The van der Waals surface area contributed by atoms with Crippen LogP contribution in [0.5, 0.6) is 0 Å². The molecule has 178 valence electrons. The number of hydrogen-bond acceptors (Lipinski definition) is 7. The number of thiocarbonyl (C=S) groups is 1. The van der Waals surface area contributed by atoms with E-state index in [0.29, 0.717) is 58.8 Å². The molecular formula is C18H34N6O6S. The van der Waals surface area contributed by atoms with Crippen LogP contribution >= 0.6 is 12.2 Å². The van der Waals surface area contributed by atoms with Crippen LogP contribution in [-0.2, 0) is 23.9 Å². The van der Waals surface area contributed by atoms with Crippen molar-refractivity contribution in [2.45, 2.75) is 32.2 Å². The Morgan fingerprint density at radius 1 is 0.935 bits per heavy atom. The van der Waals surface area contributed by atoms with Crippen molar-refractivity contribution in [3.05, 3.63) is 0 Å². The van der Waals surface area contributed by atoms with Crippen LogP contribution < -0.4 is 32.3 Å². The zero-order valence-corrected chi connectivity index (χ0v) is 18.9. The summed E-state index contributed by atoms with van der Waals surface area (Å²) in [5.41, 5.74) is 4.97. The molecule has 0 rings (SSSR count). The number of ketones is 1. The molecule has 4 amide bonds. The smallest absolute Gasteiger partial charge is 0.312 e. The van der Waals surface area contributed by atoms with Gasteiger partial charge in [0.15, 0.2) is 10.9 Å². The van der Waals surface area contributed by atoms with E-state index in [4.69, 9.17) is 27.4 Å². The Morgan fingerprint density at radius 3 is 2.23 bits per heavy atom. The second-order valence-corrected chi connectivity index (χ2v) is 6.83. The zero-order valence-electron chi connectivity index (χ0n) is 18.1. The minimum Gasteiger partial charge on any atom is -0.379 e. The van der Waals surface area contributed by atoms with Crippen LogP contribution in [0.2, 0.25) is 0 Å². The number of primary amides is 1. The number of carbonyl (C=O) groups excluding carboxylic acids is 4. The maximum absolute atomic E-state index is 12.0. The monoisotopic (exact) mass is 462 g/mol. The van der Waals surface area contributed by atoms with Crippen molar-refractivity contribution in [2.75, 3.05) is 53.1 Å². The van der Waals surface area contributed by atoms with Crippen LogP contribution in [0.4, 0.5) is 4.79 Å². The van der Waals surface area contributed by atoms with Crippen molar-refractivity contribution in [1.29, 1.82) is 0 Å². The highest BCUT2D eigenvalue weighted by atomic mass is 32.1. The van der Waals surface area contributed by atoms with E-state index < -0.39 is 12.1 Å². The lowest BCUT2D eigenvalue weighted by molar-refractivity contribution is -0.126. The molecule has 0 aromatic carbocycles. The first kappa shape index (κ1) is 28.5. The number of urea groups is 1. The van der Waals surface area contributed by atoms with Crippen LogP contribution in [0.3, 0.4) is 0 Å². The molecule has 0 saturated carbocycles. The summed E-state index contributed by atoms with van der Waals surface area (Å²) in [6.45, 7) is 3.56. The maximum Gasteiger partial charge on any atom is 0.312 e. The number of hydrogen-bond donors (Lipinski definition) is 6. The van der Waals surface area contributed by atoms with Gasteiger partial charge in [-0.15, -0.1) is 0 Å². The first-order valence-electron chi connectivity index (χ1n) is 9.97. The minimum absolute atomic E-state index is 0.0749. The van der Waals surface area contributed by atoms with E-state index in [2.05, 4.69) is 26.6 Å². The zero-order chi connectivity index (χ0) is 23.5. The number of carbonyl (C=O) groups is 4. The van der Waals surface area contributed by atoms with Crippen molar-refractivity contribution in [1.82, 2.24) is 26.6 Å². The SMILES string of the molecule is CNC(=O)CCOCCOCCNC(=S)NCC(=O)N[C@@H](CCCNC(N)=O)C(C)=O. The van der Waals surface area contributed by atoms with Crippen LogP contribution in [-0.4, -0.2) is 87.9 Å². The molecule has 0 spiro atoms. The normalized spacial score (nSPS) is 11.2. The van der Waals surface area contributed by atoms with Crippen molar-refractivity contribution < 1.29 is 28.7 Å². The molecule has 0 aromatic heterocycles. The van der Waals surface area contributed by atoms with Crippen LogP contribution in [0.25, 0.3) is 0 Å². The molecule has 0 aliphatic heterocycles. The fourth-order valence-electron chi connectivity index (χ4n) is 2.21. The third kappa shape index (κ3) is 18.0. The van der Waals surface area contributed by atoms with Crippen molar-refractivity contribution in [2.24, 2.45) is 5.73 Å². The Bertz CT molecular complexity index is 592. The van der Waals surface area contributed by atoms with E-state index in [-0.39, 0.29) is 29.3 Å². The minimum atomic E-state index is -0.641. The summed E-state index contributed by atoms with van der Waals surface area (Å²) < 4.78 is 10.6. The fourth-order valence-corrected chi connectivity index (χ4v) is 2.39. The summed E-state index contributed by atoms with van der Waals surface area (Å²) in [5, 5.41) is 13.5. The summed E-state index contributed by atoms with van der Waals surface area (Å²) in [7, 11) is 1.57. The van der Waals surface area contributed by atoms with Gasteiger partial charge in [0.05, 0.1) is 39.0 Å². The van der Waals surface area contributed by atoms with Gasteiger partial charge in [0.25, 0.3) is 0 Å². The molecule has 0 unspecified atom stereocenters. The average molecular weight is 463 g/mol. The summed E-state index contributed by atoms with van der Waals surface area (Å²) >= 11 is 5.08. The van der Waals surface area contributed by atoms with E-state index in [1.54, 1.807) is 7.05 Å². The Kier molecular flexibility index (Phi) is 16.8. The van der Waals surface area contributed by atoms with Crippen LogP contribution in [0, 0.1) is 0 Å². The Hall–Kier alpha value is -2.51. The van der Waals surface area contributed by atoms with Crippen molar-refractivity contribution >= 4 is 41.0 Å². The van der Waals surface area contributed by atoms with Gasteiger partial charge in [-0.1, -0.05) is 0 Å². The lowest BCUT2D eigenvalue weighted by Crippen LogP contribution is -2.47. The van der Waals surface area contributed by atoms with E-state index in [0.717, 1.165) is 0 Å². The lowest BCUT2D eigenvalue weighted by atomic mass is 10.1. The molecule has 0 bridgehead atoms. The van der Waals surface area contributed by atoms with Gasteiger partial charge >= 0.3 is 6.03 Å². The molecule has 0 fully saturated rings. The number of Topliss-reactive ketones (excluding diaryl/α,β-unsaturated/α-hetero) is 1. The second kappa shape index (κ2) is 18.3. The molecule has 0 aromatic rings. The standard InChI is InChI=1S/C18H34N6O6S/c1-13(25)14(4-3-6-21-17(19)28)24-16(27)12-23-18(31)22-7-9-30-11-10-29-8-5-15(26)20-2/h14H,3-12H2,1-2H3,(H,20,26)(H,24,27)(H3,19,21,28)(H2,22,23,31)/t14-/m0/s1. The van der Waals surface area contributed by atoms with Gasteiger partial charge in [0.2, 0.25) is 11.8 Å². The quantitative estimate of drug-likeness (QED) is 0.107. The highest BCUT2D eigenvalue weighted by Crippen LogP contribution is 1.98. The first-order valence-corrected chi connectivity index (χ1v) is 10.4. The summed E-state index contributed by atoms with van der Waals surface area (Å²) in [4.78, 5) is 45.3. The number of amides is 4. The molecule has 0 aliphatic carbocycles. The molecule has 7 N–H and O–H groups in total. The molecule has 0 radical (unpaired) electrons. The van der Waals surface area contributed by atoms with Crippen molar-refractivity contribution in [3.63, 3.8) is 0 Å². The van der Waals surface area contributed by atoms with E-state index >= 15 is 0 Å². The molecule has 12 nitrogen and oxygen atoms in total. The van der Waals surface area contributed by atoms with E-state index in [9.17, 15) is 19.2 Å². The highest BCUT2D eigenvalue weighted by Gasteiger charge is 2.16. The summed E-state index contributed by atoms with van der Waals surface area (Å²) in [6, 6.07) is -1.28. The third-order valence-corrected chi connectivity index (χ3v) is 4.15. The van der Waals surface area contributed by atoms with E-state index in [1.807, 2.05) is 0 Å². The van der Waals surface area contributed by atoms with Gasteiger partial charge in [-0.05, 0) is 32.0 Å². The predicted octanol–water partition coefficient (Wildman–Crippen LogP) is -1.86. The number of ether oxygens (including phenoxy) is 2. The number of nitrogens with two attached hydrogens (primary N) is 1. The Balaban J connectivity index is 3.78. The topological polar surface area (TPSA) is 173 Å². The van der Waals surface area contributed by atoms with Crippen LogP contribution in [0.15, 0.2) is 0 Å². The third-order valence-electron chi connectivity index (χ3n) is 3.86. The summed E-state index contributed by atoms with van der Waals surface area (Å²) in [6.07, 6.45) is 1.20. The second-order valence-electron chi connectivity index (χ2n) is 6.42. The Labute approximate surface area is 187 Å². The lowest BCUT2D eigenvalue weighted by Gasteiger charge is -2.17. The number of rotatable bonds is 17. The molecule has 1 atom stereocenters. The fraction of sp³-hybridized carbons (Fsp3) is 0.722. The maximum atomic E-state index is 12.0. The highest BCUT2D eigenvalue weighted by molar-refractivity contribution is 7.80. The largest absolute Gasteiger partial charge is 0.379 e. The predicted molar refractivity (Wildman–Crippen MR) is 118 cm³/mol. The van der Waals surface area contributed by atoms with E-state index in [1.165, 1.54) is 6.92 Å². The van der Waals surface area contributed by atoms with Crippen molar-refractivity contribution in [3.8, 4) is 0 Å². The summed E-state index contributed by atoms with van der Waals surface area (Å²) in [5.74, 6) is -0.630. The molecule has 0 aliphatic rings. The molecule has 0 saturated heterocycles.